The Hall–Kier alpha value is -0.900. The van der Waals surface area contributed by atoms with Crippen LogP contribution in [0.25, 0.3) is 0 Å². The average Bonchev–Trinajstić information content (AvgIpc) is 2.47. The minimum Gasteiger partial charge on any atom is -0.295 e. The number of carbonyl (C=O) groups excluding carboxylic acids is 2. The molecule has 0 spiro atoms. The van der Waals surface area contributed by atoms with Crippen molar-refractivity contribution < 1.29 is 9.59 Å². The monoisotopic (exact) mass is 182 g/mol. The second-order valence-corrected chi connectivity index (χ2v) is 3.73. The fraction of sp³-hybridized carbons (Fsp3) is 0.778. The van der Waals surface area contributed by atoms with Gasteiger partial charge in [0, 0.05) is 0 Å². The Morgan fingerprint density at radius 2 is 1.85 bits per heavy atom. The molecule has 72 valence electrons. The van der Waals surface area contributed by atoms with Crippen molar-refractivity contribution in [2.75, 3.05) is 13.1 Å². The summed E-state index contributed by atoms with van der Waals surface area (Å²) in [5.74, 6) is -0.229. The summed E-state index contributed by atoms with van der Waals surface area (Å²) >= 11 is 0. The summed E-state index contributed by atoms with van der Waals surface area (Å²) in [6.07, 6.45) is 3.91. The van der Waals surface area contributed by atoms with E-state index in [4.69, 9.17) is 0 Å². The first-order chi connectivity index (χ1) is 6.27. The molecule has 0 aromatic carbocycles. The molecule has 2 rings (SSSR count). The van der Waals surface area contributed by atoms with Crippen molar-refractivity contribution in [2.24, 2.45) is 0 Å². The quantitative estimate of drug-likeness (QED) is 0.575. The Bertz CT molecular complexity index is 234. The molecule has 0 aromatic heterocycles. The Morgan fingerprint density at radius 3 is 2.38 bits per heavy atom. The van der Waals surface area contributed by atoms with Crippen LogP contribution in [0.4, 0.5) is 0 Å². The van der Waals surface area contributed by atoms with Crippen LogP contribution >= 0.6 is 0 Å². The maximum atomic E-state index is 11.3. The van der Waals surface area contributed by atoms with Crippen molar-refractivity contribution >= 4 is 11.8 Å². The molecule has 0 radical (unpaired) electrons. The number of hydrogen-bond donors (Lipinski definition) is 1. The van der Waals surface area contributed by atoms with Gasteiger partial charge in [0.05, 0.1) is 12.5 Å². The van der Waals surface area contributed by atoms with Gasteiger partial charge in [0.1, 0.15) is 0 Å². The molecule has 4 nitrogen and oxygen atoms in total. The summed E-state index contributed by atoms with van der Waals surface area (Å²) in [6, 6.07) is -0.173. The third-order valence-electron chi connectivity index (χ3n) is 2.78. The maximum Gasteiger partial charge on any atom is 0.244 e. The standard InChI is InChI=1S/C9H14N2O2/c12-8-6-7(9(13)10-8)11-4-2-1-3-5-11/h7H,1-6H2,(H,10,12,13)/t7-/m0/s1. The molecular weight excluding hydrogens is 168 g/mol. The Labute approximate surface area is 77.3 Å². The number of hydrogen-bond acceptors (Lipinski definition) is 3. The summed E-state index contributed by atoms with van der Waals surface area (Å²) < 4.78 is 0. The topological polar surface area (TPSA) is 49.4 Å². The van der Waals surface area contributed by atoms with Crippen LogP contribution in [0.15, 0.2) is 0 Å². The van der Waals surface area contributed by atoms with Crippen LogP contribution in [0, 0.1) is 0 Å². The lowest BCUT2D eigenvalue weighted by atomic mass is 10.1. The molecule has 4 heteroatoms. The molecule has 2 aliphatic heterocycles. The second kappa shape index (κ2) is 3.46. The molecule has 2 amide bonds. The molecule has 0 aromatic rings. The predicted molar refractivity (Wildman–Crippen MR) is 47.0 cm³/mol. The van der Waals surface area contributed by atoms with E-state index in [1.54, 1.807) is 0 Å². The molecule has 13 heavy (non-hydrogen) atoms. The zero-order valence-corrected chi connectivity index (χ0v) is 7.58. The normalized spacial score (nSPS) is 30.6. The molecular formula is C9H14N2O2. The highest BCUT2D eigenvalue weighted by molar-refractivity contribution is 6.05. The summed E-state index contributed by atoms with van der Waals surface area (Å²) in [4.78, 5) is 24.4. The average molecular weight is 182 g/mol. The van der Waals surface area contributed by atoms with Crippen LogP contribution in [0.3, 0.4) is 0 Å². The molecule has 1 N–H and O–H groups in total. The third-order valence-corrected chi connectivity index (χ3v) is 2.78. The number of piperidine rings is 1. The van der Waals surface area contributed by atoms with Crippen molar-refractivity contribution in [2.45, 2.75) is 31.7 Å². The second-order valence-electron chi connectivity index (χ2n) is 3.73. The zero-order chi connectivity index (χ0) is 9.26. The molecule has 2 saturated heterocycles. The lowest BCUT2D eigenvalue weighted by molar-refractivity contribution is -0.126. The molecule has 0 unspecified atom stereocenters. The van der Waals surface area contributed by atoms with Gasteiger partial charge in [0.15, 0.2) is 0 Å². The van der Waals surface area contributed by atoms with Crippen molar-refractivity contribution in [3.8, 4) is 0 Å². The van der Waals surface area contributed by atoms with Crippen LogP contribution in [-0.4, -0.2) is 35.8 Å². The number of likely N-dealkylation sites (tertiary alicyclic amines) is 1. The Kier molecular flexibility index (Phi) is 2.31. The number of carbonyl (C=O) groups is 2. The molecule has 2 aliphatic rings. The fourth-order valence-corrected chi connectivity index (χ4v) is 2.07. The minimum atomic E-state index is -0.173. The molecule has 0 bridgehead atoms. The lowest BCUT2D eigenvalue weighted by Crippen LogP contribution is -2.43. The molecule has 2 fully saturated rings. The summed E-state index contributed by atoms with van der Waals surface area (Å²) in [7, 11) is 0. The Balaban J connectivity index is 1.99. The first kappa shape index (κ1) is 8.69. The van der Waals surface area contributed by atoms with Crippen LogP contribution in [0.2, 0.25) is 0 Å². The van der Waals surface area contributed by atoms with Crippen molar-refractivity contribution in [1.82, 2.24) is 10.2 Å². The number of nitrogens with zero attached hydrogens (tertiary/aromatic N) is 1. The smallest absolute Gasteiger partial charge is 0.244 e. The summed E-state index contributed by atoms with van der Waals surface area (Å²) in [5.41, 5.74) is 0. The van der Waals surface area contributed by atoms with Crippen LogP contribution in [-0.2, 0) is 9.59 Å². The van der Waals surface area contributed by atoms with E-state index in [0.29, 0.717) is 6.42 Å². The maximum absolute atomic E-state index is 11.3. The molecule has 0 aliphatic carbocycles. The fourth-order valence-electron chi connectivity index (χ4n) is 2.07. The first-order valence-electron chi connectivity index (χ1n) is 4.85. The van der Waals surface area contributed by atoms with E-state index in [-0.39, 0.29) is 17.9 Å². The van der Waals surface area contributed by atoms with E-state index < -0.39 is 0 Å². The van der Waals surface area contributed by atoms with Gasteiger partial charge in [-0.3, -0.25) is 19.8 Å². The SMILES string of the molecule is O=C1C[C@H](N2CCCCC2)C(=O)N1. The lowest BCUT2D eigenvalue weighted by Gasteiger charge is -2.29. The van der Waals surface area contributed by atoms with Gasteiger partial charge in [-0.25, -0.2) is 0 Å². The van der Waals surface area contributed by atoms with E-state index in [9.17, 15) is 9.59 Å². The number of nitrogens with one attached hydrogen (secondary N) is 1. The van der Waals surface area contributed by atoms with Gasteiger partial charge in [0.25, 0.3) is 0 Å². The van der Waals surface area contributed by atoms with Gasteiger partial charge < -0.3 is 0 Å². The zero-order valence-electron chi connectivity index (χ0n) is 7.58. The van der Waals surface area contributed by atoms with E-state index in [1.165, 1.54) is 6.42 Å². The van der Waals surface area contributed by atoms with E-state index in [0.717, 1.165) is 25.9 Å². The largest absolute Gasteiger partial charge is 0.295 e. The number of amides is 2. The Morgan fingerprint density at radius 1 is 1.15 bits per heavy atom. The highest BCUT2D eigenvalue weighted by atomic mass is 16.2. The van der Waals surface area contributed by atoms with Crippen LogP contribution in [0.5, 0.6) is 0 Å². The predicted octanol–water partition coefficient (Wildman–Crippen LogP) is -0.113. The highest BCUT2D eigenvalue weighted by Crippen LogP contribution is 2.17. The van der Waals surface area contributed by atoms with Crippen LogP contribution < -0.4 is 5.32 Å². The van der Waals surface area contributed by atoms with E-state index in [1.807, 2.05) is 0 Å². The summed E-state index contributed by atoms with van der Waals surface area (Å²) in [6.45, 7) is 1.93. The van der Waals surface area contributed by atoms with Gasteiger partial charge in [-0.15, -0.1) is 0 Å². The van der Waals surface area contributed by atoms with Gasteiger partial charge in [0.2, 0.25) is 11.8 Å². The number of imide groups is 1. The first-order valence-corrected chi connectivity index (χ1v) is 4.85. The van der Waals surface area contributed by atoms with Gasteiger partial charge in [-0.1, -0.05) is 6.42 Å². The number of rotatable bonds is 1. The van der Waals surface area contributed by atoms with Crippen LogP contribution in [0.1, 0.15) is 25.7 Å². The van der Waals surface area contributed by atoms with Gasteiger partial charge in [-0.2, -0.15) is 0 Å². The van der Waals surface area contributed by atoms with Crippen molar-refractivity contribution in [3.05, 3.63) is 0 Å². The van der Waals surface area contributed by atoms with E-state index >= 15 is 0 Å². The van der Waals surface area contributed by atoms with Crippen molar-refractivity contribution in [3.63, 3.8) is 0 Å². The van der Waals surface area contributed by atoms with Crippen molar-refractivity contribution in [1.29, 1.82) is 0 Å². The highest BCUT2D eigenvalue weighted by Gasteiger charge is 2.35. The molecule has 1 atom stereocenters. The van der Waals surface area contributed by atoms with Gasteiger partial charge in [-0.05, 0) is 25.9 Å². The molecule has 0 saturated carbocycles. The van der Waals surface area contributed by atoms with E-state index in [2.05, 4.69) is 10.2 Å². The minimum absolute atomic E-state index is 0.105. The third kappa shape index (κ3) is 1.72. The summed E-state index contributed by atoms with van der Waals surface area (Å²) in [5, 5.41) is 2.34. The van der Waals surface area contributed by atoms with Gasteiger partial charge >= 0.3 is 0 Å². The molecule has 2 heterocycles.